The molecule has 1 fully saturated rings. The van der Waals surface area contributed by atoms with E-state index < -0.39 is 0 Å². The number of hydrogen-bond acceptors (Lipinski definition) is 7. The lowest BCUT2D eigenvalue weighted by Crippen LogP contribution is -2.12. The van der Waals surface area contributed by atoms with Crippen LogP contribution >= 0.6 is 11.3 Å². The molecule has 1 aliphatic rings. The Kier molecular flexibility index (Phi) is 8.92. The fourth-order valence-corrected chi connectivity index (χ4v) is 5.96. The molecule has 0 bridgehead atoms. The minimum Gasteiger partial charge on any atom is -0.497 e. The number of benzene rings is 3. The zero-order valence-electron chi connectivity index (χ0n) is 24.8. The Morgan fingerprint density at radius 2 is 1.76 bits per heavy atom. The maximum atomic E-state index is 15.1. The van der Waals surface area contributed by atoms with Gasteiger partial charge in [-0.1, -0.05) is 56.4 Å². The first-order valence-electron chi connectivity index (χ1n) is 14.4. The Morgan fingerprint density at radius 1 is 1.00 bits per heavy atom. The highest BCUT2D eigenvalue weighted by Gasteiger charge is 2.34. The molecular weight excluding hydrogens is 551 g/mol. The molecular formula is C34H37FN2O4S. The lowest BCUT2D eigenvalue weighted by atomic mass is 9.90. The molecule has 4 aromatic rings. The fourth-order valence-electron chi connectivity index (χ4n) is 5.03. The summed E-state index contributed by atoms with van der Waals surface area (Å²) >= 11 is 1.49. The minimum absolute atomic E-state index is 0.151. The predicted molar refractivity (Wildman–Crippen MR) is 163 cm³/mol. The van der Waals surface area contributed by atoms with E-state index in [-0.39, 0.29) is 23.1 Å². The highest BCUT2D eigenvalue weighted by atomic mass is 32.1. The SMILES string of the molecule is CCOC(=O)CC(c1cccc(COc2ccc(-c3cc(OC)ccc3F)c(-c3nnc(C(C)(C)C)s3)c2)c1)C1CC1. The van der Waals surface area contributed by atoms with Crippen LogP contribution in [0.5, 0.6) is 11.5 Å². The van der Waals surface area contributed by atoms with Crippen molar-refractivity contribution in [3.05, 3.63) is 82.6 Å². The summed E-state index contributed by atoms with van der Waals surface area (Å²) in [4.78, 5) is 12.3. The van der Waals surface area contributed by atoms with Crippen LogP contribution in [0.15, 0.2) is 60.7 Å². The monoisotopic (exact) mass is 588 g/mol. The molecule has 1 unspecified atom stereocenters. The third-order valence-electron chi connectivity index (χ3n) is 7.42. The highest BCUT2D eigenvalue weighted by Crippen LogP contribution is 2.45. The fraction of sp³-hybridized carbons (Fsp3) is 0.382. The Morgan fingerprint density at radius 3 is 2.45 bits per heavy atom. The van der Waals surface area contributed by atoms with Crippen LogP contribution < -0.4 is 9.47 Å². The lowest BCUT2D eigenvalue weighted by molar-refractivity contribution is -0.143. The van der Waals surface area contributed by atoms with Crippen LogP contribution in [0.3, 0.4) is 0 Å². The van der Waals surface area contributed by atoms with Gasteiger partial charge in [-0.15, -0.1) is 10.2 Å². The first-order chi connectivity index (χ1) is 20.2. The summed E-state index contributed by atoms with van der Waals surface area (Å²) in [6.45, 7) is 8.85. The number of methoxy groups -OCH3 is 1. The van der Waals surface area contributed by atoms with Gasteiger partial charge in [0.2, 0.25) is 0 Å². The van der Waals surface area contributed by atoms with Crippen molar-refractivity contribution in [2.45, 2.75) is 64.9 Å². The van der Waals surface area contributed by atoms with Crippen molar-refractivity contribution in [3.63, 3.8) is 0 Å². The smallest absolute Gasteiger partial charge is 0.306 e. The summed E-state index contributed by atoms with van der Waals surface area (Å²) in [5.41, 5.74) is 3.83. The van der Waals surface area contributed by atoms with Gasteiger partial charge in [-0.25, -0.2) is 4.39 Å². The van der Waals surface area contributed by atoms with E-state index in [1.165, 1.54) is 17.4 Å². The second-order valence-electron chi connectivity index (χ2n) is 11.7. The number of aromatic nitrogens is 2. The van der Waals surface area contributed by atoms with Crippen molar-refractivity contribution in [1.82, 2.24) is 10.2 Å². The first-order valence-corrected chi connectivity index (χ1v) is 15.2. The third-order valence-corrected chi connectivity index (χ3v) is 8.80. The van der Waals surface area contributed by atoms with Crippen LogP contribution in [0.2, 0.25) is 0 Å². The Bertz CT molecular complexity index is 1560. The topological polar surface area (TPSA) is 70.5 Å². The van der Waals surface area contributed by atoms with Crippen LogP contribution in [0.1, 0.15) is 69.0 Å². The van der Waals surface area contributed by atoms with Crippen molar-refractivity contribution in [2.75, 3.05) is 13.7 Å². The van der Waals surface area contributed by atoms with Gasteiger partial charge in [-0.2, -0.15) is 0 Å². The molecule has 0 radical (unpaired) electrons. The van der Waals surface area contributed by atoms with Crippen molar-refractivity contribution >= 4 is 17.3 Å². The summed E-state index contributed by atoms with van der Waals surface area (Å²) in [6.07, 6.45) is 2.67. The van der Waals surface area contributed by atoms with E-state index in [9.17, 15) is 4.79 Å². The number of rotatable bonds is 11. The van der Waals surface area contributed by atoms with Gasteiger partial charge >= 0.3 is 5.97 Å². The van der Waals surface area contributed by atoms with E-state index in [1.807, 2.05) is 37.3 Å². The van der Waals surface area contributed by atoms with Gasteiger partial charge in [0.15, 0.2) is 0 Å². The molecule has 8 heteroatoms. The van der Waals surface area contributed by atoms with Gasteiger partial charge < -0.3 is 14.2 Å². The molecule has 1 saturated carbocycles. The molecule has 1 aliphatic carbocycles. The van der Waals surface area contributed by atoms with Gasteiger partial charge in [0.1, 0.15) is 33.9 Å². The van der Waals surface area contributed by atoms with Crippen molar-refractivity contribution in [3.8, 4) is 33.2 Å². The third kappa shape index (κ3) is 6.98. The Balaban J connectivity index is 1.43. The van der Waals surface area contributed by atoms with E-state index in [1.54, 1.807) is 19.2 Å². The molecule has 42 heavy (non-hydrogen) atoms. The maximum Gasteiger partial charge on any atom is 0.306 e. The molecule has 0 N–H and O–H groups in total. The van der Waals surface area contributed by atoms with E-state index in [0.717, 1.165) is 34.5 Å². The first kappa shape index (κ1) is 29.7. The summed E-state index contributed by atoms with van der Waals surface area (Å²) in [7, 11) is 1.56. The largest absolute Gasteiger partial charge is 0.497 e. The number of carbonyl (C=O) groups is 1. The van der Waals surface area contributed by atoms with Gasteiger partial charge in [-0.05, 0) is 84.7 Å². The second-order valence-corrected chi connectivity index (χ2v) is 12.7. The number of nitrogens with zero attached hydrogens (tertiary/aromatic N) is 2. The van der Waals surface area contributed by atoms with Gasteiger partial charge in [0.25, 0.3) is 0 Å². The van der Waals surface area contributed by atoms with Gasteiger partial charge in [-0.3, -0.25) is 4.79 Å². The average molecular weight is 589 g/mol. The zero-order valence-corrected chi connectivity index (χ0v) is 25.6. The molecule has 0 amide bonds. The van der Waals surface area contributed by atoms with Gasteiger partial charge in [0, 0.05) is 16.5 Å². The maximum absolute atomic E-state index is 15.1. The average Bonchev–Trinajstić information content (AvgIpc) is 3.69. The number of esters is 1. The number of halogens is 1. The van der Waals surface area contributed by atoms with Crippen molar-refractivity contribution in [1.29, 1.82) is 0 Å². The quantitative estimate of drug-likeness (QED) is 0.164. The number of ether oxygens (including phenoxy) is 3. The second kappa shape index (κ2) is 12.6. The van der Waals surface area contributed by atoms with Crippen LogP contribution in [-0.2, 0) is 21.6 Å². The molecule has 1 atom stereocenters. The van der Waals surface area contributed by atoms with E-state index in [0.29, 0.717) is 53.2 Å². The standard InChI is InChI=1S/C34H37FN2O4S/c1-6-40-31(38)19-27(22-10-11-22)23-9-7-8-21(16-23)20-41-25-12-14-26(28-17-24(39-5)13-15-30(28)35)29(18-25)32-36-37-33(42-32)34(2,3)4/h7-9,12-18,22,27H,6,10-11,19-20H2,1-5H3. The highest BCUT2D eigenvalue weighted by molar-refractivity contribution is 7.14. The molecule has 1 aromatic heterocycles. The number of hydrogen-bond donors (Lipinski definition) is 0. The van der Waals surface area contributed by atoms with Crippen molar-refractivity contribution < 1.29 is 23.4 Å². The lowest BCUT2D eigenvalue weighted by Gasteiger charge is -2.17. The Labute approximate surface area is 250 Å². The molecule has 5 rings (SSSR count). The van der Waals surface area contributed by atoms with Crippen LogP contribution in [0, 0.1) is 11.7 Å². The molecule has 0 saturated heterocycles. The normalized spacial score (nSPS) is 14.0. The zero-order chi connectivity index (χ0) is 29.9. The molecule has 6 nitrogen and oxygen atoms in total. The molecule has 1 heterocycles. The van der Waals surface area contributed by atoms with Crippen molar-refractivity contribution in [2.24, 2.45) is 5.92 Å². The summed E-state index contributed by atoms with van der Waals surface area (Å²) in [5.74, 6) is 1.38. The van der Waals surface area contributed by atoms with E-state index in [2.05, 4.69) is 43.1 Å². The van der Waals surface area contributed by atoms with Gasteiger partial charge in [0.05, 0.1) is 20.1 Å². The minimum atomic E-state index is -0.351. The van der Waals surface area contributed by atoms with E-state index >= 15 is 4.39 Å². The van der Waals surface area contributed by atoms with Crippen LogP contribution in [0.25, 0.3) is 21.7 Å². The number of carbonyl (C=O) groups excluding carboxylic acids is 1. The van der Waals surface area contributed by atoms with E-state index in [4.69, 9.17) is 14.2 Å². The molecule has 0 aliphatic heterocycles. The summed E-state index contributed by atoms with van der Waals surface area (Å²) < 4.78 is 32.0. The Hall–Kier alpha value is -3.78. The molecule has 3 aromatic carbocycles. The van der Waals surface area contributed by atoms with Crippen LogP contribution in [0.4, 0.5) is 4.39 Å². The summed E-state index contributed by atoms with van der Waals surface area (Å²) in [5, 5.41) is 10.5. The molecule has 220 valence electrons. The summed E-state index contributed by atoms with van der Waals surface area (Å²) in [6, 6.07) is 18.6. The molecule has 0 spiro atoms. The van der Waals surface area contributed by atoms with Crippen LogP contribution in [-0.4, -0.2) is 29.9 Å². The predicted octanol–water partition coefficient (Wildman–Crippen LogP) is 8.34.